The third-order valence-corrected chi connectivity index (χ3v) is 5.64. The molecule has 1 aliphatic rings. The zero-order chi connectivity index (χ0) is 22.9. The Kier molecular flexibility index (Phi) is 5.21. The van der Waals surface area contributed by atoms with Gasteiger partial charge in [-0.3, -0.25) is 5.01 Å². The van der Waals surface area contributed by atoms with Crippen molar-refractivity contribution in [2.24, 2.45) is 5.10 Å². The Balaban J connectivity index is 1.48. The van der Waals surface area contributed by atoms with E-state index in [-0.39, 0.29) is 17.6 Å². The first-order valence-corrected chi connectivity index (χ1v) is 10.5. The molecule has 33 heavy (non-hydrogen) atoms. The van der Waals surface area contributed by atoms with Crippen molar-refractivity contribution in [1.29, 1.82) is 0 Å². The Hall–Kier alpha value is -4.27. The third-order valence-electron chi connectivity index (χ3n) is 5.64. The highest BCUT2D eigenvalue weighted by atomic mass is 19.1. The number of phenolic OH excluding ortho intramolecular Hbond substituents is 1. The van der Waals surface area contributed by atoms with Crippen molar-refractivity contribution in [3.05, 3.63) is 77.9 Å². The van der Waals surface area contributed by atoms with Crippen LogP contribution in [0.15, 0.2) is 71.6 Å². The number of benzene rings is 2. The van der Waals surface area contributed by atoms with Crippen LogP contribution in [-0.2, 0) is 6.54 Å². The van der Waals surface area contributed by atoms with E-state index in [0.29, 0.717) is 28.8 Å². The average Bonchev–Trinajstić information content (AvgIpc) is 3.20. The summed E-state index contributed by atoms with van der Waals surface area (Å²) >= 11 is 0. The number of halogens is 1. The first kappa shape index (κ1) is 20.6. The maximum atomic E-state index is 14.0. The molecule has 2 aromatic heterocycles. The van der Waals surface area contributed by atoms with Crippen molar-refractivity contribution in [3.8, 4) is 17.0 Å². The van der Waals surface area contributed by atoms with Crippen LogP contribution in [0.3, 0.4) is 0 Å². The quantitative estimate of drug-likeness (QED) is 0.485. The van der Waals surface area contributed by atoms with Crippen LogP contribution in [0.5, 0.6) is 5.75 Å². The molecule has 0 aliphatic carbocycles. The largest absolute Gasteiger partial charge is 0.508 e. The van der Waals surface area contributed by atoms with E-state index in [9.17, 15) is 9.50 Å². The summed E-state index contributed by atoms with van der Waals surface area (Å²) in [7, 11) is 0. The Bertz CT molecular complexity index is 1360. The smallest absolute Gasteiger partial charge is 0.164 e. The molecule has 0 bridgehead atoms. The summed E-state index contributed by atoms with van der Waals surface area (Å²) in [6, 6.07) is 13.7. The van der Waals surface area contributed by atoms with Crippen LogP contribution in [0.1, 0.15) is 18.5 Å². The molecule has 0 saturated heterocycles. The van der Waals surface area contributed by atoms with E-state index in [1.165, 1.54) is 24.0 Å². The highest BCUT2D eigenvalue weighted by Gasteiger charge is 2.23. The molecule has 1 atom stereocenters. The summed E-state index contributed by atoms with van der Waals surface area (Å²) in [6.07, 6.45) is 5.30. The van der Waals surface area contributed by atoms with Crippen molar-refractivity contribution >= 4 is 23.1 Å². The van der Waals surface area contributed by atoms with E-state index in [0.717, 1.165) is 18.2 Å². The van der Waals surface area contributed by atoms with Crippen LogP contribution in [0.2, 0.25) is 0 Å². The van der Waals surface area contributed by atoms with E-state index in [2.05, 4.69) is 33.3 Å². The molecule has 3 heterocycles. The highest BCUT2D eigenvalue weighted by Crippen LogP contribution is 2.34. The molecule has 1 aliphatic heterocycles. The van der Waals surface area contributed by atoms with Crippen LogP contribution in [0.25, 0.3) is 22.3 Å². The molecule has 9 heteroatoms. The summed E-state index contributed by atoms with van der Waals surface area (Å²) in [5, 5.41) is 21.7. The van der Waals surface area contributed by atoms with Gasteiger partial charge < -0.3 is 10.8 Å². The monoisotopic (exact) mass is 443 g/mol. The number of aromatic nitrogens is 4. The number of nitrogens with two attached hydrogens (primary N) is 1. The first-order chi connectivity index (χ1) is 16.0. The first-order valence-electron chi connectivity index (χ1n) is 10.5. The molecule has 1 unspecified atom stereocenters. The molecule has 0 fully saturated rings. The van der Waals surface area contributed by atoms with Crippen molar-refractivity contribution < 1.29 is 9.50 Å². The zero-order valence-corrected chi connectivity index (χ0v) is 17.9. The van der Waals surface area contributed by atoms with Gasteiger partial charge in [0.2, 0.25) is 0 Å². The van der Waals surface area contributed by atoms with Gasteiger partial charge in [0, 0.05) is 11.6 Å². The maximum absolute atomic E-state index is 14.0. The summed E-state index contributed by atoms with van der Waals surface area (Å²) in [5.74, 6) is -0.536. The van der Waals surface area contributed by atoms with Crippen LogP contribution in [-0.4, -0.2) is 42.6 Å². The molecule has 2 aromatic carbocycles. The normalized spacial score (nSPS) is 14.5. The number of hydrogen-bond acceptors (Lipinski definition) is 7. The van der Waals surface area contributed by atoms with Crippen molar-refractivity contribution in [3.63, 3.8) is 0 Å². The maximum Gasteiger partial charge on any atom is 0.164 e. The van der Waals surface area contributed by atoms with E-state index in [1.807, 2.05) is 36.3 Å². The molecule has 8 nitrogen and oxygen atoms in total. The SMILES string of the molecule is CC(C1=CCN(Cc2ccccc2)N=C1)n1nc(-c2cc(O)cc(F)c2)c2c(N)ncnc21. The number of anilines is 1. The van der Waals surface area contributed by atoms with Gasteiger partial charge >= 0.3 is 0 Å². The minimum absolute atomic E-state index is 0.197. The Morgan fingerprint density at radius 2 is 1.97 bits per heavy atom. The minimum atomic E-state index is -0.572. The van der Waals surface area contributed by atoms with Gasteiger partial charge in [-0.25, -0.2) is 19.0 Å². The Labute approximate surface area is 189 Å². The number of fused-ring (bicyclic) bond motifs is 1. The second kappa shape index (κ2) is 8.34. The molecule has 166 valence electrons. The molecular weight excluding hydrogens is 421 g/mol. The number of allylic oxidation sites excluding steroid dienone is 1. The summed E-state index contributed by atoms with van der Waals surface area (Å²) in [5.41, 5.74) is 9.62. The number of rotatable bonds is 5. The fraction of sp³-hybridized carbons (Fsp3) is 0.167. The zero-order valence-electron chi connectivity index (χ0n) is 17.9. The van der Waals surface area contributed by atoms with Crippen molar-refractivity contribution in [1.82, 2.24) is 24.8 Å². The van der Waals surface area contributed by atoms with Gasteiger partial charge in [0.25, 0.3) is 0 Å². The van der Waals surface area contributed by atoms with Crippen LogP contribution < -0.4 is 5.73 Å². The summed E-state index contributed by atoms with van der Waals surface area (Å²) in [4.78, 5) is 8.47. The fourth-order valence-corrected chi connectivity index (χ4v) is 3.96. The van der Waals surface area contributed by atoms with Crippen LogP contribution in [0, 0.1) is 5.82 Å². The van der Waals surface area contributed by atoms with E-state index >= 15 is 0 Å². The lowest BCUT2D eigenvalue weighted by Crippen LogP contribution is -2.23. The number of hydrogen-bond donors (Lipinski definition) is 2. The standard InChI is InChI=1S/C24H22FN7O/c1-15(17-7-8-31(29-12-17)13-16-5-3-2-4-6-16)32-24-21(23(26)27-14-28-24)22(30-32)18-9-19(25)11-20(33)10-18/h2-7,9-12,14-15,33H,8,13H2,1H3,(H2,26,27,28). The lowest BCUT2D eigenvalue weighted by molar-refractivity contribution is 0.307. The van der Waals surface area contributed by atoms with Crippen molar-refractivity contribution in [2.75, 3.05) is 12.3 Å². The van der Waals surface area contributed by atoms with Crippen molar-refractivity contribution in [2.45, 2.75) is 19.5 Å². The summed E-state index contributed by atoms with van der Waals surface area (Å²) in [6.45, 7) is 3.37. The fourth-order valence-electron chi connectivity index (χ4n) is 3.96. The minimum Gasteiger partial charge on any atom is -0.508 e. The lowest BCUT2D eigenvalue weighted by Gasteiger charge is -2.24. The van der Waals surface area contributed by atoms with Gasteiger partial charge in [-0.15, -0.1) is 0 Å². The third kappa shape index (κ3) is 4.00. The van der Waals surface area contributed by atoms with E-state index in [1.54, 1.807) is 4.68 Å². The Morgan fingerprint density at radius 3 is 2.70 bits per heavy atom. The molecule has 0 saturated carbocycles. The summed E-state index contributed by atoms with van der Waals surface area (Å²) < 4.78 is 15.7. The number of aromatic hydroxyl groups is 1. The van der Waals surface area contributed by atoms with Gasteiger partial charge in [-0.05, 0) is 30.2 Å². The average molecular weight is 443 g/mol. The highest BCUT2D eigenvalue weighted by molar-refractivity contribution is 5.98. The van der Waals surface area contributed by atoms with E-state index < -0.39 is 5.82 Å². The number of hydrazone groups is 1. The molecule has 0 amide bonds. The topological polar surface area (TPSA) is 105 Å². The van der Waals surface area contributed by atoms with Gasteiger partial charge in [-0.1, -0.05) is 36.4 Å². The van der Waals surface area contributed by atoms with Gasteiger partial charge in [0.15, 0.2) is 5.65 Å². The van der Waals surface area contributed by atoms with Crippen LogP contribution >= 0.6 is 0 Å². The molecule has 4 aromatic rings. The number of nitrogen functional groups attached to an aromatic ring is 1. The predicted molar refractivity (Wildman–Crippen MR) is 125 cm³/mol. The second-order valence-corrected chi connectivity index (χ2v) is 7.91. The number of phenols is 1. The Morgan fingerprint density at radius 1 is 1.15 bits per heavy atom. The van der Waals surface area contributed by atoms with Crippen LogP contribution in [0.4, 0.5) is 10.2 Å². The molecule has 5 rings (SSSR count). The van der Waals surface area contributed by atoms with Gasteiger partial charge in [0.1, 0.15) is 29.4 Å². The molecular formula is C24H22FN7O. The van der Waals surface area contributed by atoms with E-state index in [4.69, 9.17) is 10.8 Å². The van der Waals surface area contributed by atoms with Gasteiger partial charge in [0.05, 0.1) is 30.7 Å². The second-order valence-electron chi connectivity index (χ2n) is 7.91. The molecule has 0 spiro atoms. The lowest BCUT2D eigenvalue weighted by atomic mass is 10.1. The molecule has 0 radical (unpaired) electrons. The number of nitrogens with zero attached hydrogens (tertiary/aromatic N) is 6. The molecule has 3 N–H and O–H groups in total. The predicted octanol–water partition coefficient (Wildman–Crippen LogP) is 3.91. The van der Waals surface area contributed by atoms with Gasteiger partial charge in [-0.2, -0.15) is 10.2 Å².